The van der Waals surface area contributed by atoms with Crippen molar-refractivity contribution in [3.8, 4) is 0 Å². The van der Waals surface area contributed by atoms with E-state index in [4.69, 9.17) is 5.73 Å². The Morgan fingerprint density at radius 2 is 1.75 bits per heavy atom. The average molecular weight is 304 g/mol. The highest BCUT2D eigenvalue weighted by atomic mass is 35.5. The number of hydrogen-bond acceptors (Lipinski definition) is 3. The van der Waals surface area contributed by atoms with E-state index >= 15 is 0 Å². The molecule has 2 amide bonds. The normalized spacial score (nSPS) is 20.6. The van der Waals surface area contributed by atoms with Gasteiger partial charge >= 0.3 is 0 Å². The molecule has 0 saturated heterocycles. The van der Waals surface area contributed by atoms with Crippen LogP contribution >= 0.6 is 12.4 Å². The summed E-state index contributed by atoms with van der Waals surface area (Å²) in [6.07, 6.45) is 8.22. The molecule has 6 heteroatoms. The zero-order chi connectivity index (χ0) is 13.7. The minimum atomic E-state index is -0.0821. The fourth-order valence-corrected chi connectivity index (χ4v) is 2.84. The van der Waals surface area contributed by atoms with Gasteiger partial charge in [0, 0.05) is 12.5 Å². The second-order valence-corrected chi connectivity index (χ2v) is 6.06. The minimum absolute atomic E-state index is 0. The van der Waals surface area contributed by atoms with Gasteiger partial charge in [-0.2, -0.15) is 0 Å². The highest BCUT2D eigenvalue weighted by molar-refractivity contribution is 5.85. The van der Waals surface area contributed by atoms with Gasteiger partial charge < -0.3 is 16.4 Å². The van der Waals surface area contributed by atoms with Crippen molar-refractivity contribution in [3.63, 3.8) is 0 Å². The summed E-state index contributed by atoms with van der Waals surface area (Å²) in [4.78, 5) is 23.4. The zero-order valence-electron chi connectivity index (χ0n) is 12.0. The van der Waals surface area contributed by atoms with Gasteiger partial charge in [-0.3, -0.25) is 9.59 Å². The Kier molecular flexibility index (Phi) is 6.76. The molecule has 0 aromatic rings. The van der Waals surface area contributed by atoms with Crippen LogP contribution in [-0.4, -0.2) is 30.9 Å². The van der Waals surface area contributed by atoms with Gasteiger partial charge in [0.05, 0.1) is 6.54 Å². The van der Waals surface area contributed by atoms with E-state index in [2.05, 4.69) is 10.6 Å². The molecule has 20 heavy (non-hydrogen) atoms. The van der Waals surface area contributed by atoms with Crippen molar-refractivity contribution >= 4 is 24.2 Å². The Morgan fingerprint density at radius 1 is 1.10 bits per heavy atom. The monoisotopic (exact) mass is 303 g/mol. The molecular weight excluding hydrogens is 278 g/mol. The van der Waals surface area contributed by atoms with Crippen LogP contribution in [0.3, 0.4) is 0 Å². The Hall–Kier alpha value is -0.810. The number of hydrogen-bond donors (Lipinski definition) is 3. The van der Waals surface area contributed by atoms with Crippen molar-refractivity contribution in [1.29, 1.82) is 0 Å². The maximum absolute atomic E-state index is 11.9. The first-order valence-corrected chi connectivity index (χ1v) is 7.40. The van der Waals surface area contributed by atoms with Gasteiger partial charge in [-0.05, 0) is 37.6 Å². The molecule has 0 aliphatic heterocycles. The van der Waals surface area contributed by atoms with E-state index in [0.29, 0.717) is 19.0 Å². The van der Waals surface area contributed by atoms with E-state index in [9.17, 15) is 9.59 Å². The molecule has 0 spiro atoms. The van der Waals surface area contributed by atoms with Gasteiger partial charge in [-0.1, -0.05) is 19.3 Å². The molecule has 0 radical (unpaired) electrons. The lowest BCUT2D eigenvalue weighted by atomic mass is 9.71. The van der Waals surface area contributed by atoms with Gasteiger partial charge in [-0.15, -0.1) is 12.4 Å². The second-order valence-electron chi connectivity index (χ2n) is 6.06. The summed E-state index contributed by atoms with van der Waals surface area (Å²) < 4.78 is 0. The van der Waals surface area contributed by atoms with Gasteiger partial charge in [-0.25, -0.2) is 0 Å². The number of rotatable bonds is 6. The number of nitrogens with one attached hydrogen (secondary N) is 2. The highest BCUT2D eigenvalue weighted by Crippen LogP contribution is 2.38. The molecule has 4 N–H and O–H groups in total. The quantitative estimate of drug-likeness (QED) is 0.687. The molecule has 2 aliphatic rings. The first kappa shape index (κ1) is 17.2. The highest BCUT2D eigenvalue weighted by Gasteiger charge is 2.33. The zero-order valence-corrected chi connectivity index (χ0v) is 12.8. The third-order valence-electron chi connectivity index (χ3n) is 4.27. The van der Waals surface area contributed by atoms with E-state index < -0.39 is 0 Å². The molecule has 0 atom stereocenters. The molecule has 2 fully saturated rings. The van der Waals surface area contributed by atoms with E-state index in [1.54, 1.807) is 0 Å². The van der Waals surface area contributed by atoms with Crippen LogP contribution in [0.5, 0.6) is 0 Å². The molecule has 0 unspecified atom stereocenters. The largest absolute Gasteiger partial charge is 0.352 e. The van der Waals surface area contributed by atoms with Crippen LogP contribution in [0.2, 0.25) is 0 Å². The lowest BCUT2D eigenvalue weighted by Crippen LogP contribution is -2.42. The van der Waals surface area contributed by atoms with Gasteiger partial charge in [0.15, 0.2) is 0 Å². The van der Waals surface area contributed by atoms with Gasteiger partial charge in [0.25, 0.3) is 0 Å². The van der Waals surface area contributed by atoms with E-state index in [0.717, 1.165) is 38.5 Å². The maximum Gasteiger partial charge on any atom is 0.239 e. The smallest absolute Gasteiger partial charge is 0.239 e. The Balaban J connectivity index is 0.00000200. The molecule has 2 rings (SSSR count). The van der Waals surface area contributed by atoms with Crippen LogP contribution in [-0.2, 0) is 9.59 Å². The Labute approximate surface area is 126 Å². The molecule has 0 bridgehead atoms. The number of carbonyl (C=O) groups is 2. The van der Waals surface area contributed by atoms with E-state index in [1.165, 1.54) is 6.42 Å². The molecule has 0 aromatic carbocycles. The number of halogens is 1. The van der Waals surface area contributed by atoms with Crippen LogP contribution in [0.1, 0.15) is 51.4 Å². The predicted octanol–water partition coefficient (Wildman–Crippen LogP) is 1.10. The van der Waals surface area contributed by atoms with Crippen molar-refractivity contribution in [2.45, 2.75) is 57.4 Å². The summed E-state index contributed by atoms with van der Waals surface area (Å²) in [5.41, 5.74) is 5.82. The van der Waals surface area contributed by atoms with Crippen molar-refractivity contribution in [3.05, 3.63) is 0 Å². The van der Waals surface area contributed by atoms with E-state index in [1.807, 2.05) is 0 Å². The summed E-state index contributed by atoms with van der Waals surface area (Å²) in [6.45, 7) is 0.657. The SMILES string of the molecule is Cl.NCC1(CC(=O)NCC(=O)NC2CC2)CCCCC1. The summed E-state index contributed by atoms with van der Waals surface area (Å²) >= 11 is 0. The molecule has 0 aromatic heterocycles. The van der Waals surface area contributed by atoms with Crippen LogP contribution in [0, 0.1) is 5.41 Å². The first-order valence-electron chi connectivity index (χ1n) is 7.40. The lowest BCUT2D eigenvalue weighted by Gasteiger charge is -2.35. The lowest BCUT2D eigenvalue weighted by molar-refractivity contribution is -0.127. The predicted molar refractivity (Wildman–Crippen MR) is 80.6 cm³/mol. The van der Waals surface area contributed by atoms with Crippen LogP contribution < -0.4 is 16.4 Å². The van der Waals surface area contributed by atoms with Crippen molar-refractivity contribution in [2.75, 3.05) is 13.1 Å². The average Bonchev–Trinajstić information content (AvgIpc) is 3.21. The second kappa shape index (κ2) is 7.84. The van der Waals surface area contributed by atoms with E-state index in [-0.39, 0.29) is 36.2 Å². The molecular formula is C14H26ClN3O2. The summed E-state index contributed by atoms with van der Waals surface area (Å²) in [5.74, 6) is -0.125. The maximum atomic E-state index is 11.9. The van der Waals surface area contributed by atoms with Gasteiger partial charge in [0.1, 0.15) is 0 Å². The third-order valence-corrected chi connectivity index (χ3v) is 4.27. The topological polar surface area (TPSA) is 84.2 Å². The molecule has 0 heterocycles. The fourth-order valence-electron chi connectivity index (χ4n) is 2.84. The standard InChI is InChI=1S/C14H25N3O2.ClH/c15-10-14(6-2-1-3-7-14)8-12(18)16-9-13(19)17-11-4-5-11;/h11H,1-10,15H2,(H,16,18)(H,17,19);1H. The summed E-state index contributed by atoms with van der Waals surface area (Å²) in [7, 11) is 0. The number of nitrogens with two attached hydrogens (primary N) is 1. The molecule has 5 nitrogen and oxygen atoms in total. The first-order chi connectivity index (χ1) is 9.13. The Bertz CT molecular complexity index is 339. The van der Waals surface area contributed by atoms with Gasteiger partial charge in [0.2, 0.25) is 11.8 Å². The molecule has 116 valence electrons. The molecule has 2 saturated carbocycles. The van der Waals surface area contributed by atoms with Crippen molar-refractivity contribution in [2.24, 2.45) is 11.1 Å². The third kappa shape index (κ3) is 5.29. The number of amides is 2. The van der Waals surface area contributed by atoms with Crippen molar-refractivity contribution in [1.82, 2.24) is 10.6 Å². The van der Waals surface area contributed by atoms with Crippen LogP contribution in [0.25, 0.3) is 0 Å². The fraction of sp³-hybridized carbons (Fsp3) is 0.857. The summed E-state index contributed by atoms with van der Waals surface area (Å²) in [5, 5.41) is 5.57. The Morgan fingerprint density at radius 3 is 2.30 bits per heavy atom. The van der Waals surface area contributed by atoms with Crippen LogP contribution in [0.4, 0.5) is 0 Å². The minimum Gasteiger partial charge on any atom is -0.352 e. The summed E-state index contributed by atoms with van der Waals surface area (Å²) in [6, 6.07) is 0.345. The number of carbonyl (C=O) groups excluding carboxylic acids is 2. The molecule has 2 aliphatic carbocycles. The van der Waals surface area contributed by atoms with Crippen molar-refractivity contribution < 1.29 is 9.59 Å². The van der Waals surface area contributed by atoms with Crippen LogP contribution in [0.15, 0.2) is 0 Å².